The van der Waals surface area contributed by atoms with Gasteiger partial charge in [-0.25, -0.2) is 4.98 Å². The number of aromatic nitrogens is 1. The zero-order valence-electron chi connectivity index (χ0n) is 10.4. The zero-order chi connectivity index (χ0) is 12.2. The number of ether oxygens (including phenoxy) is 1. The Balaban J connectivity index is 2.56. The van der Waals surface area contributed by atoms with Crippen LogP contribution in [-0.4, -0.2) is 24.0 Å². The van der Waals surface area contributed by atoms with Crippen LogP contribution in [0.4, 0.5) is 0 Å². The molecule has 4 heteroatoms. The Kier molecular flexibility index (Phi) is 4.62. The smallest absolute Gasteiger partial charge is 0.165 e. The first-order valence-corrected chi connectivity index (χ1v) is 6.35. The van der Waals surface area contributed by atoms with Crippen LogP contribution in [0.25, 0.3) is 0 Å². The van der Waals surface area contributed by atoms with E-state index in [9.17, 15) is 4.79 Å². The standard InChI is InChI=1S/C12H19NO2S/c1-5-15-7-9(14)6-11-13-10(8-16-11)12(2,3)4/h8H,5-7H2,1-4H3. The van der Waals surface area contributed by atoms with E-state index in [0.29, 0.717) is 13.0 Å². The molecular formula is C12H19NO2S. The van der Waals surface area contributed by atoms with Gasteiger partial charge in [0.15, 0.2) is 5.78 Å². The molecule has 1 heterocycles. The van der Waals surface area contributed by atoms with Gasteiger partial charge in [-0.2, -0.15) is 0 Å². The molecule has 0 spiro atoms. The summed E-state index contributed by atoms with van der Waals surface area (Å²) >= 11 is 1.55. The summed E-state index contributed by atoms with van der Waals surface area (Å²) in [5, 5.41) is 2.91. The van der Waals surface area contributed by atoms with Crippen LogP contribution in [0.3, 0.4) is 0 Å². The molecule has 0 fully saturated rings. The quantitative estimate of drug-likeness (QED) is 0.795. The maximum Gasteiger partial charge on any atom is 0.165 e. The van der Waals surface area contributed by atoms with Crippen LogP contribution < -0.4 is 0 Å². The molecule has 0 aliphatic heterocycles. The third-order valence-corrected chi connectivity index (χ3v) is 2.98. The molecule has 0 aliphatic rings. The molecule has 3 nitrogen and oxygen atoms in total. The first-order valence-electron chi connectivity index (χ1n) is 5.47. The molecule has 1 aromatic heterocycles. The number of carbonyl (C=O) groups is 1. The van der Waals surface area contributed by atoms with E-state index in [-0.39, 0.29) is 17.8 Å². The number of hydrogen-bond donors (Lipinski definition) is 0. The molecule has 0 N–H and O–H groups in total. The minimum absolute atomic E-state index is 0.0533. The normalized spacial score (nSPS) is 11.8. The van der Waals surface area contributed by atoms with Gasteiger partial charge in [-0.1, -0.05) is 20.8 Å². The van der Waals surface area contributed by atoms with Gasteiger partial charge in [-0.15, -0.1) is 11.3 Å². The first kappa shape index (κ1) is 13.3. The fourth-order valence-electron chi connectivity index (χ4n) is 1.17. The molecule has 0 unspecified atom stereocenters. The van der Waals surface area contributed by atoms with E-state index in [4.69, 9.17) is 4.74 Å². The lowest BCUT2D eigenvalue weighted by Gasteiger charge is -2.14. The van der Waals surface area contributed by atoms with Gasteiger partial charge in [0.2, 0.25) is 0 Å². The van der Waals surface area contributed by atoms with Gasteiger partial charge in [-0.05, 0) is 6.92 Å². The Labute approximate surface area is 101 Å². The molecule has 1 aromatic rings. The summed E-state index contributed by atoms with van der Waals surface area (Å²) in [5.41, 5.74) is 1.11. The summed E-state index contributed by atoms with van der Waals surface area (Å²) in [6.07, 6.45) is 0.390. The van der Waals surface area contributed by atoms with Crippen molar-refractivity contribution in [1.82, 2.24) is 4.98 Å². The second-order valence-corrected chi connectivity index (χ2v) is 5.67. The van der Waals surface area contributed by atoms with Crippen LogP contribution in [0.2, 0.25) is 0 Å². The summed E-state index contributed by atoms with van der Waals surface area (Å²) in [5.74, 6) is 0.0941. The third-order valence-electron chi connectivity index (χ3n) is 2.14. The van der Waals surface area contributed by atoms with Crippen LogP contribution in [0.5, 0.6) is 0 Å². The van der Waals surface area contributed by atoms with Crippen LogP contribution in [0.15, 0.2) is 5.38 Å². The second kappa shape index (κ2) is 5.55. The Hall–Kier alpha value is -0.740. The maximum absolute atomic E-state index is 11.5. The average Bonchev–Trinajstić information content (AvgIpc) is 2.62. The van der Waals surface area contributed by atoms with Crippen molar-refractivity contribution in [2.75, 3.05) is 13.2 Å². The van der Waals surface area contributed by atoms with E-state index in [1.165, 1.54) is 0 Å². The van der Waals surface area contributed by atoms with Crippen molar-refractivity contribution in [3.63, 3.8) is 0 Å². The lowest BCUT2D eigenvalue weighted by atomic mass is 9.93. The number of thiazole rings is 1. The highest BCUT2D eigenvalue weighted by molar-refractivity contribution is 7.09. The van der Waals surface area contributed by atoms with Crippen molar-refractivity contribution >= 4 is 17.1 Å². The summed E-state index contributed by atoms with van der Waals surface area (Å²) in [7, 11) is 0. The van der Waals surface area contributed by atoms with Crippen molar-refractivity contribution in [3.05, 3.63) is 16.1 Å². The second-order valence-electron chi connectivity index (χ2n) is 4.73. The number of carbonyl (C=O) groups excluding carboxylic acids is 1. The summed E-state index contributed by atoms with van der Waals surface area (Å²) in [6.45, 7) is 9.02. The third kappa shape index (κ3) is 4.02. The number of Topliss-reactive ketones (excluding diaryl/α,β-unsaturated/α-hetero) is 1. The van der Waals surface area contributed by atoms with E-state index >= 15 is 0 Å². The summed E-state index contributed by atoms with van der Waals surface area (Å²) in [6, 6.07) is 0. The SMILES string of the molecule is CCOCC(=O)Cc1nc(C(C)(C)C)cs1. The van der Waals surface area contributed by atoms with Crippen molar-refractivity contribution in [3.8, 4) is 0 Å². The molecule has 0 aromatic carbocycles. The van der Waals surface area contributed by atoms with Gasteiger partial charge in [0.25, 0.3) is 0 Å². The highest BCUT2D eigenvalue weighted by Gasteiger charge is 2.18. The molecule has 0 amide bonds. The van der Waals surface area contributed by atoms with Gasteiger partial charge < -0.3 is 4.74 Å². The van der Waals surface area contributed by atoms with Gasteiger partial charge in [-0.3, -0.25) is 4.79 Å². The lowest BCUT2D eigenvalue weighted by Crippen LogP contribution is -2.13. The summed E-state index contributed by atoms with van der Waals surface area (Å²) in [4.78, 5) is 15.9. The predicted molar refractivity (Wildman–Crippen MR) is 66.0 cm³/mol. The van der Waals surface area contributed by atoms with Crippen LogP contribution in [0, 0.1) is 0 Å². The molecular weight excluding hydrogens is 222 g/mol. The van der Waals surface area contributed by atoms with Crippen LogP contribution in [0.1, 0.15) is 38.4 Å². The predicted octanol–water partition coefficient (Wildman–Crippen LogP) is 2.59. The Morgan fingerprint density at radius 2 is 2.19 bits per heavy atom. The Bertz CT molecular complexity index is 352. The fourth-order valence-corrected chi connectivity index (χ4v) is 2.22. The van der Waals surface area contributed by atoms with E-state index in [0.717, 1.165) is 10.7 Å². The number of ketones is 1. The maximum atomic E-state index is 11.5. The zero-order valence-corrected chi connectivity index (χ0v) is 11.2. The highest BCUT2D eigenvalue weighted by Crippen LogP contribution is 2.24. The molecule has 16 heavy (non-hydrogen) atoms. The monoisotopic (exact) mass is 241 g/mol. The Morgan fingerprint density at radius 3 is 2.69 bits per heavy atom. The van der Waals surface area contributed by atoms with E-state index in [1.54, 1.807) is 11.3 Å². The van der Waals surface area contributed by atoms with Gasteiger partial charge in [0.1, 0.15) is 11.6 Å². The van der Waals surface area contributed by atoms with Crippen molar-refractivity contribution < 1.29 is 9.53 Å². The first-order chi connectivity index (χ1) is 7.43. The van der Waals surface area contributed by atoms with Crippen molar-refractivity contribution in [1.29, 1.82) is 0 Å². The molecule has 0 saturated carbocycles. The van der Waals surface area contributed by atoms with Gasteiger partial charge >= 0.3 is 0 Å². The van der Waals surface area contributed by atoms with E-state index in [1.807, 2.05) is 12.3 Å². The lowest BCUT2D eigenvalue weighted by molar-refractivity contribution is -0.122. The molecule has 0 saturated heterocycles. The van der Waals surface area contributed by atoms with Gasteiger partial charge in [0, 0.05) is 17.4 Å². The fraction of sp³-hybridized carbons (Fsp3) is 0.667. The number of rotatable bonds is 5. The Morgan fingerprint density at radius 1 is 1.50 bits per heavy atom. The van der Waals surface area contributed by atoms with E-state index in [2.05, 4.69) is 25.8 Å². The van der Waals surface area contributed by atoms with Gasteiger partial charge in [0.05, 0.1) is 12.1 Å². The van der Waals surface area contributed by atoms with Crippen molar-refractivity contribution in [2.24, 2.45) is 0 Å². The minimum atomic E-state index is 0.0533. The molecule has 90 valence electrons. The van der Waals surface area contributed by atoms with Crippen LogP contribution in [-0.2, 0) is 21.4 Å². The van der Waals surface area contributed by atoms with E-state index < -0.39 is 0 Å². The minimum Gasteiger partial charge on any atom is -0.374 e. The molecule has 0 bridgehead atoms. The largest absolute Gasteiger partial charge is 0.374 e. The topological polar surface area (TPSA) is 39.2 Å². The number of hydrogen-bond acceptors (Lipinski definition) is 4. The summed E-state index contributed by atoms with van der Waals surface area (Å²) < 4.78 is 5.07. The molecule has 0 atom stereocenters. The average molecular weight is 241 g/mol. The van der Waals surface area contributed by atoms with Crippen molar-refractivity contribution in [2.45, 2.75) is 39.5 Å². The molecule has 1 rings (SSSR count). The van der Waals surface area contributed by atoms with Crippen LogP contribution >= 0.6 is 11.3 Å². The molecule has 0 aliphatic carbocycles. The number of nitrogens with zero attached hydrogens (tertiary/aromatic N) is 1. The highest BCUT2D eigenvalue weighted by atomic mass is 32.1. The molecule has 0 radical (unpaired) electrons.